The van der Waals surface area contributed by atoms with Crippen LogP contribution >= 0.6 is 0 Å². The van der Waals surface area contributed by atoms with Gasteiger partial charge in [-0.05, 0) is 6.04 Å². The van der Waals surface area contributed by atoms with E-state index in [1.165, 1.54) is 12.1 Å². The molecular weight excluding hydrogens is 176 g/mol. The summed E-state index contributed by atoms with van der Waals surface area (Å²) < 4.78 is 15.3. The van der Waals surface area contributed by atoms with Gasteiger partial charge in [0.05, 0.1) is 9.52 Å². The van der Waals surface area contributed by atoms with Gasteiger partial charge in [-0.25, -0.2) is 0 Å². The molecule has 0 saturated heterocycles. The number of methoxy groups -OCH3 is 2. The first-order valence-corrected chi connectivity index (χ1v) is 7.29. The molecule has 0 N–H and O–H groups in total. The van der Waals surface area contributed by atoms with Gasteiger partial charge in [-0.3, -0.25) is 0 Å². The zero-order chi connectivity index (χ0) is 8.53. The Morgan fingerprint density at radius 3 is 2.18 bits per heavy atom. The second kappa shape index (κ2) is 8.41. The fourth-order valence-corrected chi connectivity index (χ4v) is 3.95. The number of hydrogen-bond acceptors (Lipinski definition) is 3. The summed E-state index contributed by atoms with van der Waals surface area (Å²) in [6.07, 6.45) is 0. The monoisotopic (exact) mass is 194 g/mol. The maximum Gasteiger partial charge on any atom is 0.160 e. The van der Waals surface area contributed by atoms with Crippen LogP contribution in [-0.4, -0.2) is 46.5 Å². The van der Waals surface area contributed by atoms with E-state index in [1.807, 2.05) is 0 Å². The van der Waals surface area contributed by atoms with Gasteiger partial charge in [-0.2, -0.15) is 0 Å². The lowest BCUT2D eigenvalue weighted by Crippen LogP contribution is -2.21. The van der Waals surface area contributed by atoms with Crippen molar-refractivity contribution in [3.63, 3.8) is 0 Å². The maximum absolute atomic E-state index is 5.09. The van der Waals surface area contributed by atoms with Crippen molar-refractivity contribution in [1.82, 2.24) is 0 Å². The normalized spacial score (nSPS) is 13.1. The summed E-state index contributed by atoms with van der Waals surface area (Å²) in [6, 6.07) is 2.55. The molecule has 0 bridgehead atoms. The van der Waals surface area contributed by atoms with E-state index < -0.39 is 0 Å². The predicted octanol–water partition coefficient (Wildman–Crippen LogP) is -0.702. The molecule has 0 spiro atoms. The van der Waals surface area contributed by atoms with Crippen LogP contribution in [0, 0.1) is 0 Å². The smallest absolute Gasteiger partial charge is 0.160 e. The zero-order valence-electron chi connectivity index (χ0n) is 7.63. The van der Waals surface area contributed by atoms with Crippen LogP contribution in [0.5, 0.6) is 0 Å². The summed E-state index contributed by atoms with van der Waals surface area (Å²) in [7, 11) is 4.80. The summed E-state index contributed by atoms with van der Waals surface area (Å²) in [5.74, 6) is 0.112. The van der Waals surface area contributed by atoms with Crippen molar-refractivity contribution < 1.29 is 13.9 Å². The molecule has 0 aliphatic carbocycles. The van der Waals surface area contributed by atoms with Gasteiger partial charge in [0.2, 0.25) is 0 Å². The van der Waals surface area contributed by atoms with E-state index in [1.54, 1.807) is 21.3 Å². The van der Waals surface area contributed by atoms with Gasteiger partial charge in [0.15, 0.2) is 9.76 Å². The molecule has 11 heavy (non-hydrogen) atoms. The van der Waals surface area contributed by atoms with Crippen molar-refractivity contribution in [2.24, 2.45) is 0 Å². The van der Waals surface area contributed by atoms with E-state index in [0.717, 1.165) is 0 Å². The summed E-state index contributed by atoms with van der Waals surface area (Å²) >= 11 is 0. The molecule has 0 atom stereocenters. The number of rotatable bonds is 7. The molecule has 0 fully saturated rings. The van der Waals surface area contributed by atoms with Crippen molar-refractivity contribution in [1.29, 1.82) is 0 Å². The predicted molar refractivity (Wildman–Crippen MR) is 51.5 cm³/mol. The quantitative estimate of drug-likeness (QED) is 0.305. The van der Waals surface area contributed by atoms with E-state index >= 15 is 0 Å². The van der Waals surface area contributed by atoms with Gasteiger partial charge in [0.1, 0.15) is 5.91 Å². The van der Waals surface area contributed by atoms with Crippen molar-refractivity contribution in [3.8, 4) is 0 Å². The van der Waals surface area contributed by atoms with Gasteiger partial charge in [0, 0.05) is 21.3 Å². The van der Waals surface area contributed by atoms with Gasteiger partial charge in [-0.1, -0.05) is 6.04 Å². The fraction of sp³-hybridized carbons (Fsp3) is 1.00. The molecule has 0 aromatic rings. The molecule has 0 unspecified atom stereocenters. The standard InChI is InChI=1S/C6H18O3Si2/c1-7-6(8-2)10-4-5-11-9-3/h6H,4-5,10-11H2,1-3H3. The molecule has 0 radical (unpaired) electrons. The first kappa shape index (κ1) is 11.3. The van der Waals surface area contributed by atoms with Crippen LogP contribution in [0.3, 0.4) is 0 Å². The van der Waals surface area contributed by atoms with E-state index in [-0.39, 0.29) is 25.2 Å². The Balaban J connectivity index is 3.07. The van der Waals surface area contributed by atoms with Gasteiger partial charge < -0.3 is 13.9 Å². The van der Waals surface area contributed by atoms with Crippen molar-refractivity contribution >= 4 is 19.3 Å². The van der Waals surface area contributed by atoms with Crippen molar-refractivity contribution in [2.75, 3.05) is 21.3 Å². The van der Waals surface area contributed by atoms with E-state index in [2.05, 4.69) is 0 Å². The molecule has 0 saturated carbocycles. The zero-order valence-corrected chi connectivity index (χ0v) is 10.5. The number of ether oxygens (including phenoxy) is 2. The Labute approximate surface area is 73.2 Å². The summed E-state index contributed by atoms with van der Waals surface area (Å²) in [4.78, 5) is 0. The van der Waals surface area contributed by atoms with Crippen LogP contribution in [-0.2, 0) is 13.9 Å². The first-order chi connectivity index (χ1) is 5.35. The third-order valence-electron chi connectivity index (χ3n) is 1.56. The molecule has 0 rings (SSSR count). The highest BCUT2D eigenvalue weighted by molar-refractivity contribution is 6.40. The van der Waals surface area contributed by atoms with E-state index in [0.29, 0.717) is 0 Å². The molecule has 0 aromatic heterocycles. The van der Waals surface area contributed by atoms with Crippen LogP contribution in [0.4, 0.5) is 0 Å². The molecule has 0 amide bonds. The van der Waals surface area contributed by atoms with E-state index in [9.17, 15) is 0 Å². The molecular formula is C6H18O3Si2. The van der Waals surface area contributed by atoms with Crippen molar-refractivity contribution in [3.05, 3.63) is 0 Å². The molecule has 5 heteroatoms. The molecule has 68 valence electrons. The average Bonchev–Trinajstić information content (AvgIpc) is 2.05. The van der Waals surface area contributed by atoms with Gasteiger partial charge >= 0.3 is 0 Å². The molecule has 0 aliphatic heterocycles. The van der Waals surface area contributed by atoms with Crippen LogP contribution in [0.2, 0.25) is 12.1 Å². The SMILES string of the molecule is CO[SiH2]CC[SiH2]C(OC)OC. The van der Waals surface area contributed by atoms with Crippen LogP contribution in [0.1, 0.15) is 0 Å². The molecule has 3 nitrogen and oxygen atoms in total. The van der Waals surface area contributed by atoms with Crippen LogP contribution in [0.25, 0.3) is 0 Å². The summed E-state index contributed by atoms with van der Waals surface area (Å²) in [6.45, 7) is 0. The third kappa shape index (κ3) is 6.70. The second-order valence-corrected chi connectivity index (χ2v) is 6.03. The second-order valence-electron chi connectivity index (χ2n) is 2.39. The Hall–Kier alpha value is 0.314. The lowest BCUT2D eigenvalue weighted by molar-refractivity contribution is -0.0440. The molecule has 0 aromatic carbocycles. The lowest BCUT2D eigenvalue weighted by atomic mass is 10.9. The average molecular weight is 194 g/mol. The maximum atomic E-state index is 5.09. The Morgan fingerprint density at radius 1 is 1.09 bits per heavy atom. The molecule has 0 heterocycles. The third-order valence-corrected chi connectivity index (χ3v) is 5.81. The van der Waals surface area contributed by atoms with Gasteiger partial charge in [-0.15, -0.1) is 0 Å². The van der Waals surface area contributed by atoms with Crippen molar-refractivity contribution in [2.45, 2.75) is 18.0 Å². The highest BCUT2D eigenvalue weighted by atomic mass is 28.2. The molecule has 0 aliphatic rings. The summed E-state index contributed by atoms with van der Waals surface area (Å²) in [5, 5.41) is 0. The minimum absolute atomic E-state index is 0.112. The Bertz CT molecular complexity index is 78.2. The lowest BCUT2D eigenvalue weighted by Gasteiger charge is -2.11. The Morgan fingerprint density at radius 2 is 1.73 bits per heavy atom. The van der Waals surface area contributed by atoms with Crippen LogP contribution in [0.15, 0.2) is 0 Å². The summed E-state index contributed by atoms with van der Waals surface area (Å²) in [5.41, 5.74) is 0. The number of hydrogen-bond donors (Lipinski definition) is 0. The largest absolute Gasteiger partial charge is 0.427 e. The highest BCUT2D eigenvalue weighted by Gasteiger charge is 2.04. The van der Waals surface area contributed by atoms with Crippen LogP contribution < -0.4 is 0 Å². The highest BCUT2D eigenvalue weighted by Crippen LogP contribution is 1.95. The topological polar surface area (TPSA) is 27.7 Å². The first-order valence-electron chi connectivity index (χ1n) is 3.89. The van der Waals surface area contributed by atoms with Gasteiger partial charge in [0.25, 0.3) is 0 Å². The fourth-order valence-electron chi connectivity index (χ4n) is 0.889. The Kier molecular flexibility index (Phi) is 8.65. The minimum Gasteiger partial charge on any atom is -0.427 e. The minimum atomic E-state index is -0.213. The van der Waals surface area contributed by atoms with E-state index in [4.69, 9.17) is 13.9 Å².